The second-order valence-electron chi connectivity index (χ2n) is 4.28. The molecule has 0 aromatic heterocycles. The van der Waals surface area contributed by atoms with Gasteiger partial charge in [-0.1, -0.05) is 59.6 Å². The normalized spacial score (nSPS) is 10.9. The van der Waals surface area contributed by atoms with Crippen molar-refractivity contribution in [3.63, 3.8) is 0 Å². The minimum atomic E-state index is 0.726. The summed E-state index contributed by atoms with van der Waals surface area (Å²) in [5.74, 6) is 0. The van der Waals surface area contributed by atoms with Crippen LogP contribution >= 0.6 is 39.1 Å². The Kier molecular flexibility index (Phi) is 3.53. The molecule has 0 nitrogen and oxygen atoms in total. The second-order valence-corrected chi connectivity index (χ2v) is 5.91. The molecule has 0 amide bonds. The van der Waals surface area contributed by atoms with Gasteiger partial charge in [0.25, 0.3) is 0 Å². The van der Waals surface area contributed by atoms with E-state index in [2.05, 4.69) is 28.1 Å². The molecule has 19 heavy (non-hydrogen) atoms. The van der Waals surface area contributed by atoms with E-state index in [-0.39, 0.29) is 0 Å². The smallest absolute Gasteiger partial charge is 0.0495 e. The zero-order chi connectivity index (χ0) is 13.4. The fourth-order valence-corrected chi connectivity index (χ4v) is 3.56. The summed E-state index contributed by atoms with van der Waals surface area (Å²) in [6.45, 7) is 0. The zero-order valence-corrected chi connectivity index (χ0v) is 12.9. The lowest BCUT2D eigenvalue weighted by atomic mass is 10.0. The molecule has 0 N–H and O–H groups in total. The lowest BCUT2D eigenvalue weighted by Crippen LogP contribution is -1.83. The highest BCUT2D eigenvalue weighted by Gasteiger charge is 2.10. The fraction of sp³-hybridized carbons (Fsp3) is 0. The third-order valence-electron chi connectivity index (χ3n) is 3.07. The highest BCUT2D eigenvalue weighted by molar-refractivity contribution is 9.10. The van der Waals surface area contributed by atoms with E-state index >= 15 is 0 Å². The summed E-state index contributed by atoms with van der Waals surface area (Å²) in [7, 11) is 0. The van der Waals surface area contributed by atoms with Crippen molar-refractivity contribution in [1.29, 1.82) is 0 Å². The van der Waals surface area contributed by atoms with Gasteiger partial charge in [0.1, 0.15) is 0 Å². The van der Waals surface area contributed by atoms with E-state index in [0.29, 0.717) is 0 Å². The molecule has 0 spiro atoms. The number of fused-ring (bicyclic) bond motifs is 1. The molecule has 3 aromatic carbocycles. The van der Waals surface area contributed by atoms with Gasteiger partial charge >= 0.3 is 0 Å². The maximum atomic E-state index is 6.30. The van der Waals surface area contributed by atoms with Crippen molar-refractivity contribution in [2.45, 2.75) is 0 Å². The van der Waals surface area contributed by atoms with Gasteiger partial charge in [-0.25, -0.2) is 0 Å². The predicted molar refractivity (Wildman–Crippen MR) is 87.1 cm³/mol. The van der Waals surface area contributed by atoms with Crippen LogP contribution in [0.1, 0.15) is 0 Å². The van der Waals surface area contributed by atoms with Crippen LogP contribution in [-0.2, 0) is 0 Å². The first kappa shape index (κ1) is 13.0. The molecule has 0 saturated heterocycles. The van der Waals surface area contributed by atoms with Gasteiger partial charge in [0, 0.05) is 19.9 Å². The van der Waals surface area contributed by atoms with Gasteiger partial charge in [-0.3, -0.25) is 0 Å². The number of hydrogen-bond donors (Lipinski definition) is 0. The Bertz CT molecular complexity index is 766. The monoisotopic (exact) mass is 350 g/mol. The van der Waals surface area contributed by atoms with E-state index in [4.69, 9.17) is 23.2 Å². The van der Waals surface area contributed by atoms with E-state index in [0.717, 1.165) is 36.4 Å². The van der Waals surface area contributed by atoms with Crippen LogP contribution in [0.15, 0.2) is 59.1 Å². The lowest BCUT2D eigenvalue weighted by molar-refractivity contribution is 1.62. The molecule has 3 aromatic rings. The van der Waals surface area contributed by atoms with Crippen LogP contribution in [0.5, 0.6) is 0 Å². The summed E-state index contributed by atoms with van der Waals surface area (Å²) < 4.78 is 0.998. The van der Waals surface area contributed by atoms with Crippen molar-refractivity contribution in [1.82, 2.24) is 0 Å². The summed E-state index contributed by atoms with van der Waals surface area (Å²) in [6.07, 6.45) is 0. The van der Waals surface area contributed by atoms with Crippen molar-refractivity contribution in [2.75, 3.05) is 0 Å². The van der Waals surface area contributed by atoms with Gasteiger partial charge < -0.3 is 0 Å². The quantitative estimate of drug-likeness (QED) is 0.464. The highest BCUT2D eigenvalue weighted by Crippen LogP contribution is 2.38. The number of halogens is 3. The van der Waals surface area contributed by atoms with Crippen LogP contribution in [0, 0.1) is 0 Å². The van der Waals surface area contributed by atoms with Crippen molar-refractivity contribution in [3.05, 3.63) is 69.1 Å². The van der Waals surface area contributed by atoms with Crippen molar-refractivity contribution >= 4 is 49.9 Å². The standard InChI is InChI=1S/C16H9BrCl2/c17-16-13(11-4-1-5-12(18)9-11)8-7-10-3-2-6-14(19)15(10)16/h1-9H. The van der Waals surface area contributed by atoms with Gasteiger partial charge in [-0.2, -0.15) is 0 Å². The Hall–Kier alpha value is -1.02. The molecular formula is C16H9BrCl2. The molecule has 3 heteroatoms. The average molecular weight is 352 g/mol. The second kappa shape index (κ2) is 5.16. The Labute approximate surface area is 130 Å². The van der Waals surface area contributed by atoms with E-state index in [1.54, 1.807) is 0 Å². The summed E-state index contributed by atoms with van der Waals surface area (Å²) in [5, 5.41) is 3.61. The molecule has 3 rings (SSSR count). The Morgan fingerprint density at radius 1 is 0.842 bits per heavy atom. The first-order valence-electron chi connectivity index (χ1n) is 5.79. The first-order valence-corrected chi connectivity index (χ1v) is 7.34. The van der Waals surface area contributed by atoms with Gasteiger partial charge in [-0.05, 0) is 50.6 Å². The molecule has 0 unspecified atom stereocenters. The zero-order valence-electron chi connectivity index (χ0n) is 9.83. The first-order chi connectivity index (χ1) is 9.16. The van der Waals surface area contributed by atoms with Crippen molar-refractivity contribution < 1.29 is 0 Å². The van der Waals surface area contributed by atoms with Crippen LogP contribution in [-0.4, -0.2) is 0 Å². The molecular weight excluding hydrogens is 343 g/mol. The van der Waals surface area contributed by atoms with Crippen LogP contribution < -0.4 is 0 Å². The van der Waals surface area contributed by atoms with Crippen molar-refractivity contribution in [3.8, 4) is 11.1 Å². The van der Waals surface area contributed by atoms with Crippen LogP contribution in [0.25, 0.3) is 21.9 Å². The maximum Gasteiger partial charge on any atom is 0.0495 e. The van der Waals surface area contributed by atoms with Crippen LogP contribution in [0.4, 0.5) is 0 Å². The van der Waals surface area contributed by atoms with Crippen molar-refractivity contribution in [2.24, 2.45) is 0 Å². The SMILES string of the molecule is Clc1cccc(-c2ccc3cccc(Cl)c3c2Br)c1. The van der Waals surface area contributed by atoms with Crippen LogP contribution in [0.2, 0.25) is 10.0 Å². The van der Waals surface area contributed by atoms with E-state index in [1.807, 2.05) is 42.5 Å². The van der Waals surface area contributed by atoms with Crippen LogP contribution in [0.3, 0.4) is 0 Å². The Balaban J connectivity index is 2.32. The minimum Gasteiger partial charge on any atom is -0.0843 e. The van der Waals surface area contributed by atoms with Gasteiger partial charge in [0.2, 0.25) is 0 Å². The topological polar surface area (TPSA) is 0 Å². The summed E-state index contributed by atoms with van der Waals surface area (Å²) in [4.78, 5) is 0. The summed E-state index contributed by atoms with van der Waals surface area (Å²) >= 11 is 16.0. The molecule has 0 bridgehead atoms. The highest BCUT2D eigenvalue weighted by atomic mass is 79.9. The fourth-order valence-electron chi connectivity index (χ4n) is 2.17. The van der Waals surface area contributed by atoms with Gasteiger partial charge in [0.15, 0.2) is 0 Å². The molecule has 0 aliphatic rings. The molecule has 0 heterocycles. The number of rotatable bonds is 1. The lowest BCUT2D eigenvalue weighted by Gasteiger charge is -2.10. The number of hydrogen-bond acceptors (Lipinski definition) is 0. The number of benzene rings is 3. The third-order valence-corrected chi connectivity index (χ3v) is 4.44. The Morgan fingerprint density at radius 3 is 2.42 bits per heavy atom. The van der Waals surface area contributed by atoms with E-state index in [9.17, 15) is 0 Å². The summed E-state index contributed by atoms with van der Waals surface area (Å²) in [6, 6.07) is 17.9. The molecule has 0 fully saturated rings. The predicted octanol–water partition coefficient (Wildman–Crippen LogP) is 6.58. The molecule has 94 valence electrons. The van der Waals surface area contributed by atoms with Gasteiger partial charge in [0.05, 0.1) is 0 Å². The summed E-state index contributed by atoms with van der Waals surface area (Å²) in [5.41, 5.74) is 2.16. The van der Waals surface area contributed by atoms with Gasteiger partial charge in [-0.15, -0.1) is 0 Å². The molecule has 0 atom stereocenters. The largest absolute Gasteiger partial charge is 0.0843 e. The maximum absolute atomic E-state index is 6.30. The molecule has 0 aliphatic carbocycles. The third kappa shape index (κ3) is 2.38. The minimum absolute atomic E-state index is 0.726. The van der Waals surface area contributed by atoms with E-state index < -0.39 is 0 Å². The molecule has 0 saturated carbocycles. The Morgan fingerprint density at radius 2 is 1.63 bits per heavy atom. The van der Waals surface area contributed by atoms with E-state index in [1.165, 1.54) is 0 Å². The molecule has 0 aliphatic heterocycles. The average Bonchev–Trinajstić information content (AvgIpc) is 2.39. The molecule has 0 radical (unpaired) electrons.